The maximum Gasteiger partial charge on any atom is 0.261 e. The molecule has 0 aliphatic heterocycles. The molecule has 8 heteroatoms. The number of nitrogens with one attached hydrogen (secondary N) is 2. The van der Waals surface area contributed by atoms with Gasteiger partial charge in [-0.05, 0) is 67.9 Å². The van der Waals surface area contributed by atoms with Crippen LogP contribution in [0.2, 0.25) is 0 Å². The van der Waals surface area contributed by atoms with E-state index in [-0.39, 0.29) is 23.5 Å². The first kappa shape index (κ1) is 22.8. The molecule has 0 saturated carbocycles. The van der Waals surface area contributed by atoms with Gasteiger partial charge in [0.25, 0.3) is 15.9 Å². The molecule has 3 rings (SSSR count). The Morgan fingerprint density at radius 3 is 2.35 bits per heavy atom. The van der Waals surface area contributed by atoms with E-state index in [0.717, 1.165) is 15.6 Å². The Kier molecular flexibility index (Phi) is 7.35. The minimum Gasteiger partial charge on any atom is -0.484 e. The zero-order valence-corrected chi connectivity index (χ0v) is 19.5. The summed E-state index contributed by atoms with van der Waals surface area (Å²) in [5.74, 6) is 0.129. The van der Waals surface area contributed by atoms with Gasteiger partial charge < -0.3 is 10.1 Å². The molecule has 0 aliphatic carbocycles. The summed E-state index contributed by atoms with van der Waals surface area (Å²) < 4.78 is 34.0. The maximum atomic E-state index is 12.5. The monoisotopic (exact) mass is 502 g/mol. The largest absolute Gasteiger partial charge is 0.484 e. The van der Waals surface area contributed by atoms with E-state index in [9.17, 15) is 13.2 Å². The standard InChI is InChI=1S/C23H23BrN2O4S/c1-16-6-8-20(9-7-16)26-31(28,29)22-12-10-21(11-13-22)30-15-23(27)25-17(2)18-4-3-5-19(24)14-18/h3-14,17,26H,15H2,1-2H3,(H,25,27)/t17-/m1/s1. The molecule has 6 nitrogen and oxygen atoms in total. The minimum absolute atomic E-state index is 0.105. The molecule has 0 bridgehead atoms. The van der Waals surface area contributed by atoms with Gasteiger partial charge in [0, 0.05) is 10.2 Å². The number of sulfonamides is 1. The number of benzene rings is 3. The van der Waals surface area contributed by atoms with Crippen LogP contribution in [0.1, 0.15) is 24.1 Å². The smallest absolute Gasteiger partial charge is 0.261 e. The molecule has 0 aromatic heterocycles. The van der Waals surface area contributed by atoms with E-state index in [0.29, 0.717) is 11.4 Å². The first-order valence-electron chi connectivity index (χ1n) is 9.60. The Morgan fingerprint density at radius 1 is 1.03 bits per heavy atom. The van der Waals surface area contributed by atoms with Crippen molar-refractivity contribution >= 4 is 37.5 Å². The molecular weight excluding hydrogens is 480 g/mol. The predicted molar refractivity (Wildman–Crippen MR) is 125 cm³/mol. The summed E-state index contributed by atoms with van der Waals surface area (Å²) in [7, 11) is -3.71. The highest BCUT2D eigenvalue weighted by molar-refractivity contribution is 9.10. The van der Waals surface area contributed by atoms with E-state index in [1.165, 1.54) is 24.3 Å². The summed E-state index contributed by atoms with van der Waals surface area (Å²) in [4.78, 5) is 12.3. The number of hydrogen-bond donors (Lipinski definition) is 2. The fourth-order valence-corrected chi connectivity index (χ4v) is 4.32. The van der Waals surface area contributed by atoms with Crippen molar-refractivity contribution in [3.05, 3.63) is 88.4 Å². The van der Waals surface area contributed by atoms with Crippen LogP contribution in [0.5, 0.6) is 5.75 Å². The summed E-state index contributed by atoms with van der Waals surface area (Å²) in [6, 6.07) is 20.5. The van der Waals surface area contributed by atoms with Crippen LogP contribution >= 0.6 is 15.9 Å². The van der Waals surface area contributed by atoms with Crippen LogP contribution in [-0.2, 0) is 14.8 Å². The first-order valence-corrected chi connectivity index (χ1v) is 11.9. The molecule has 0 spiro atoms. The minimum atomic E-state index is -3.71. The zero-order valence-electron chi connectivity index (χ0n) is 17.1. The quantitative estimate of drug-likeness (QED) is 0.462. The van der Waals surface area contributed by atoms with Crippen molar-refractivity contribution in [2.75, 3.05) is 11.3 Å². The normalized spacial score (nSPS) is 12.1. The van der Waals surface area contributed by atoms with Gasteiger partial charge in [0.2, 0.25) is 0 Å². The lowest BCUT2D eigenvalue weighted by Gasteiger charge is -2.15. The maximum absolute atomic E-state index is 12.5. The van der Waals surface area contributed by atoms with Gasteiger partial charge in [-0.25, -0.2) is 8.42 Å². The molecule has 0 saturated heterocycles. The van der Waals surface area contributed by atoms with Crippen molar-refractivity contribution in [2.45, 2.75) is 24.8 Å². The van der Waals surface area contributed by atoms with Gasteiger partial charge in [0.1, 0.15) is 5.75 Å². The second kappa shape index (κ2) is 9.98. The van der Waals surface area contributed by atoms with Crippen LogP contribution in [-0.4, -0.2) is 20.9 Å². The summed E-state index contributed by atoms with van der Waals surface area (Å²) in [6.45, 7) is 3.64. The van der Waals surface area contributed by atoms with Crippen molar-refractivity contribution in [1.29, 1.82) is 0 Å². The van der Waals surface area contributed by atoms with Gasteiger partial charge in [0.15, 0.2) is 6.61 Å². The molecule has 0 fully saturated rings. The third kappa shape index (κ3) is 6.57. The number of carbonyl (C=O) groups excluding carboxylic acids is 1. The topological polar surface area (TPSA) is 84.5 Å². The van der Waals surface area contributed by atoms with Crippen molar-refractivity contribution in [3.8, 4) is 5.75 Å². The van der Waals surface area contributed by atoms with Crippen LogP contribution < -0.4 is 14.8 Å². The van der Waals surface area contributed by atoms with Crippen molar-refractivity contribution in [1.82, 2.24) is 5.32 Å². The summed E-state index contributed by atoms with van der Waals surface area (Å²) in [5.41, 5.74) is 2.50. The van der Waals surface area contributed by atoms with E-state index in [1.807, 2.05) is 50.2 Å². The van der Waals surface area contributed by atoms with Crippen molar-refractivity contribution in [3.63, 3.8) is 0 Å². The number of amides is 1. The van der Waals surface area contributed by atoms with Gasteiger partial charge in [-0.3, -0.25) is 9.52 Å². The predicted octanol–water partition coefficient (Wildman–Crippen LogP) is 4.81. The van der Waals surface area contributed by atoms with Crippen molar-refractivity contribution in [2.24, 2.45) is 0 Å². The van der Waals surface area contributed by atoms with E-state index in [4.69, 9.17) is 4.74 Å². The summed E-state index contributed by atoms with van der Waals surface area (Å²) in [6.07, 6.45) is 0. The Morgan fingerprint density at radius 2 is 1.71 bits per heavy atom. The lowest BCUT2D eigenvalue weighted by atomic mass is 10.1. The van der Waals surface area contributed by atoms with Crippen LogP contribution in [0, 0.1) is 6.92 Å². The highest BCUT2D eigenvalue weighted by atomic mass is 79.9. The van der Waals surface area contributed by atoms with E-state index >= 15 is 0 Å². The molecule has 0 aliphatic rings. The number of rotatable bonds is 8. The molecule has 162 valence electrons. The van der Waals surface area contributed by atoms with Gasteiger partial charge in [-0.1, -0.05) is 45.8 Å². The highest BCUT2D eigenvalue weighted by Crippen LogP contribution is 2.20. The van der Waals surface area contributed by atoms with E-state index in [2.05, 4.69) is 26.0 Å². The molecule has 0 radical (unpaired) electrons. The van der Waals surface area contributed by atoms with Crippen molar-refractivity contribution < 1.29 is 17.9 Å². The molecule has 2 N–H and O–H groups in total. The number of hydrogen-bond acceptors (Lipinski definition) is 4. The molecular formula is C23H23BrN2O4S. The Balaban J connectivity index is 1.55. The lowest BCUT2D eigenvalue weighted by molar-refractivity contribution is -0.123. The van der Waals surface area contributed by atoms with Gasteiger partial charge in [0.05, 0.1) is 10.9 Å². The van der Waals surface area contributed by atoms with Crippen LogP contribution in [0.15, 0.2) is 82.2 Å². The molecule has 1 amide bonds. The Labute approximate surface area is 190 Å². The molecule has 3 aromatic carbocycles. The second-order valence-corrected chi connectivity index (χ2v) is 9.67. The summed E-state index contributed by atoms with van der Waals surface area (Å²) in [5, 5.41) is 2.87. The third-order valence-electron chi connectivity index (χ3n) is 4.53. The number of aryl methyl sites for hydroxylation is 1. The average Bonchev–Trinajstić information content (AvgIpc) is 2.74. The molecule has 0 unspecified atom stereocenters. The molecule has 3 aromatic rings. The number of anilines is 1. The summed E-state index contributed by atoms with van der Waals surface area (Å²) >= 11 is 3.41. The number of halogens is 1. The molecule has 31 heavy (non-hydrogen) atoms. The first-order chi connectivity index (χ1) is 14.7. The zero-order chi connectivity index (χ0) is 22.4. The van der Waals surface area contributed by atoms with Crippen LogP contribution in [0.25, 0.3) is 0 Å². The third-order valence-corrected chi connectivity index (χ3v) is 6.42. The number of carbonyl (C=O) groups is 1. The lowest BCUT2D eigenvalue weighted by Crippen LogP contribution is -2.31. The average molecular weight is 503 g/mol. The van der Waals surface area contributed by atoms with Gasteiger partial charge >= 0.3 is 0 Å². The van der Waals surface area contributed by atoms with Crippen LogP contribution in [0.3, 0.4) is 0 Å². The fraction of sp³-hybridized carbons (Fsp3) is 0.174. The Bertz CT molecular complexity index is 1150. The second-order valence-electron chi connectivity index (χ2n) is 7.08. The van der Waals surface area contributed by atoms with E-state index < -0.39 is 10.0 Å². The van der Waals surface area contributed by atoms with Gasteiger partial charge in [-0.15, -0.1) is 0 Å². The Hall–Kier alpha value is -2.84. The van der Waals surface area contributed by atoms with Crippen LogP contribution in [0.4, 0.5) is 5.69 Å². The fourth-order valence-electron chi connectivity index (χ4n) is 2.84. The number of ether oxygens (including phenoxy) is 1. The van der Waals surface area contributed by atoms with Gasteiger partial charge in [-0.2, -0.15) is 0 Å². The molecule has 1 atom stereocenters. The molecule has 0 heterocycles. The highest BCUT2D eigenvalue weighted by Gasteiger charge is 2.15. The SMILES string of the molecule is Cc1ccc(NS(=O)(=O)c2ccc(OCC(=O)N[C@H](C)c3cccc(Br)c3)cc2)cc1. The van der Waals surface area contributed by atoms with E-state index in [1.54, 1.807) is 12.1 Å².